The van der Waals surface area contributed by atoms with Gasteiger partial charge >= 0.3 is 8.25 Å². The smallest absolute Gasteiger partial charge is 0.397 e. The van der Waals surface area contributed by atoms with Crippen LogP contribution in [0.1, 0.15) is 55.5 Å². The molecule has 4 rings (SSSR count). The third kappa shape index (κ3) is 6.02. The van der Waals surface area contributed by atoms with Crippen LogP contribution in [-0.2, 0) is 15.6 Å². The van der Waals surface area contributed by atoms with E-state index >= 15 is 0 Å². The SMILES string of the molecule is CCC1(CC)CC(O[P+](=O)O)CCN1Cc1ccc(C(=O)Nc2cc(-c3cccs3)ccc2N)cc1. The van der Waals surface area contributed by atoms with E-state index in [-0.39, 0.29) is 17.6 Å². The molecule has 190 valence electrons. The molecular weight excluding hydrogens is 493 g/mol. The molecule has 3 aromatic rings. The highest BCUT2D eigenvalue weighted by Gasteiger charge is 2.42. The van der Waals surface area contributed by atoms with Gasteiger partial charge in [0.25, 0.3) is 5.91 Å². The van der Waals surface area contributed by atoms with Crippen LogP contribution in [0.15, 0.2) is 60.0 Å². The number of hydrogen-bond acceptors (Lipinski definition) is 6. The standard InChI is InChI=1S/C27H32N3O4PS/c1-3-27(4-2)17-22(34-35(32)33)13-14-30(27)18-19-7-9-20(10-8-19)26(31)29-24-16-21(11-12-23(24)28)25-6-5-15-36-25/h5-12,15-16,22H,3-4,13-14,17-18,28H2,1-2H3,(H-,29,31,32,33)/p+1. The van der Waals surface area contributed by atoms with Gasteiger partial charge in [-0.2, -0.15) is 0 Å². The molecule has 36 heavy (non-hydrogen) atoms. The number of likely N-dealkylation sites (tertiary alicyclic amines) is 1. The second kappa shape index (κ2) is 11.6. The summed E-state index contributed by atoms with van der Waals surface area (Å²) >= 11 is 1.64. The summed E-state index contributed by atoms with van der Waals surface area (Å²) in [6.07, 6.45) is 3.10. The van der Waals surface area contributed by atoms with Gasteiger partial charge in [0.1, 0.15) is 6.10 Å². The second-order valence-electron chi connectivity index (χ2n) is 9.24. The third-order valence-corrected chi connectivity index (χ3v) is 8.65. The van der Waals surface area contributed by atoms with Crippen LogP contribution in [0.5, 0.6) is 0 Å². The maximum absolute atomic E-state index is 13.0. The van der Waals surface area contributed by atoms with Crippen molar-refractivity contribution in [2.24, 2.45) is 0 Å². The molecule has 1 aromatic heterocycles. The summed E-state index contributed by atoms with van der Waals surface area (Å²) in [6.45, 7) is 5.85. The van der Waals surface area contributed by atoms with Gasteiger partial charge in [-0.1, -0.05) is 38.1 Å². The van der Waals surface area contributed by atoms with Crippen molar-refractivity contribution in [3.63, 3.8) is 0 Å². The number of benzene rings is 2. The van der Waals surface area contributed by atoms with E-state index in [0.717, 1.165) is 54.8 Å². The van der Waals surface area contributed by atoms with E-state index in [1.54, 1.807) is 11.3 Å². The average Bonchev–Trinajstić information content (AvgIpc) is 3.41. The maximum atomic E-state index is 13.0. The molecule has 2 unspecified atom stereocenters. The lowest BCUT2D eigenvalue weighted by Gasteiger charge is -2.48. The minimum Gasteiger partial charge on any atom is -0.397 e. The predicted molar refractivity (Wildman–Crippen MR) is 146 cm³/mol. The molecule has 1 fully saturated rings. The molecule has 0 radical (unpaired) electrons. The lowest BCUT2D eigenvalue weighted by Crippen LogP contribution is -2.54. The van der Waals surface area contributed by atoms with Gasteiger partial charge in [0.15, 0.2) is 0 Å². The number of piperidine rings is 1. The van der Waals surface area contributed by atoms with Gasteiger partial charge in [0.2, 0.25) is 0 Å². The Morgan fingerprint density at radius 3 is 2.61 bits per heavy atom. The first-order chi connectivity index (χ1) is 17.3. The van der Waals surface area contributed by atoms with Gasteiger partial charge in [-0.05, 0) is 72.5 Å². The molecule has 0 aliphatic carbocycles. The maximum Gasteiger partial charge on any atom is 0.694 e. The fourth-order valence-electron chi connectivity index (χ4n) is 5.08. The first-order valence-electron chi connectivity index (χ1n) is 12.2. The molecule has 0 spiro atoms. The third-order valence-electron chi connectivity index (χ3n) is 7.25. The minimum atomic E-state index is -2.59. The van der Waals surface area contributed by atoms with E-state index < -0.39 is 8.25 Å². The van der Waals surface area contributed by atoms with Crippen LogP contribution in [-0.4, -0.2) is 33.9 Å². The van der Waals surface area contributed by atoms with Gasteiger partial charge in [-0.3, -0.25) is 9.69 Å². The summed E-state index contributed by atoms with van der Waals surface area (Å²) in [5.74, 6) is -0.205. The number of amides is 1. The number of carbonyl (C=O) groups excluding carboxylic acids is 1. The summed E-state index contributed by atoms with van der Waals surface area (Å²) in [6, 6.07) is 17.4. The molecule has 2 heterocycles. The summed E-state index contributed by atoms with van der Waals surface area (Å²) in [4.78, 5) is 25.7. The minimum absolute atomic E-state index is 0.0879. The summed E-state index contributed by atoms with van der Waals surface area (Å²) in [5.41, 5.74) is 9.86. The van der Waals surface area contributed by atoms with Crippen molar-refractivity contribution in [2.45, 2.75) is 57.7 Å². The molecular formula is C27H33N3O4PS+. The van der Waals surface area contributed by atoms with Crippen molar-refractivity contribution >= 4 is 36.9 Å². The highest BCUT2D eigenvalue weighted by molar-refractivity contribution is 7.32. The predicted octanol–water partition coefficient (Wildman–Crippen LogP) is 6.44. The van der Waals surface area contributed by atoms with Gasteiger partial charge in [-0.15, -0.1) is 20.8 Å². The Hall–Kier alpha value is -2.61. The lowest BCUT2D eigenvalue weighted by molar-refractivity contribution is -0.0233. The molecule has 2 aromatic carbocycles. The van der Waals surface area contributed by atoms with Crippen molar-refractivity contribution in [3.8, 4) is 10.4 Å². The number of nitrogen functional groups attached to an aromatic ring is 1. The summed E-state index contributed by atoms with van der Waals surface area (Å²) in [5, 5.41) is 4.97. The van der Waals surface area contributed by atoms with Crippen LogP contribution < -0.4 is 11.1 Å². The Kier molecular flexibility index (Phi) is 8.54. The Labute approximate surface area is 217 Å². The van der Waals surface area contributed by atoms with Crippen LogP contribution in [0.2, 0.25) is 0 Å². The van der Waals surface area contributed by atoms with Crippen LogP contribution in [0.4, 0.5) is 11.4 Å². The zero-order chi connectivity index (χ0) is 25.7. The fraction of sp³-hybridized carbons (Fsp3) is 0.370. The van der Waals surface area contributed by atoms with Crippen LogP contribution in [0, 0.1) is 0 Å². The Morgan fingerprint density at radius 2 is 1.97 bits per heavy atom. The zero-order valence-electron chi connectivity index (χ0n) is 20.6. The first-order valence-corrected chi connectivity index (χ1v) is 14.3. The number of nitrogens with two attached hydrogens (primary N) is 1. The van der Waals surface area contributed by atoms with E-state index in [4.69, 9.17) is 10.3 Å². The summed E-state index contributed by atoms with van der Waals surface area (Å²) in [7, 11) is -2.59. The van der Waals surface area contributed by atoms with E-state index in [2.05, 4.69) is 24.1 Å². The van der Waals surface area contributed by atoms with Gasteiger partial charge < -0.3 is 11.1 Å². The molecule has 1 aliphatic heterocycles. The van der Waals surface area contributed by atoms with Crippen LogP contribution >= 0.6 is 19.6 Å². The number of thiophene rings is 1. The Morgan fingerprint density at radius 1 is 1.22 bits per heavy atom. The highest BCUT2D eigenvalue weighted by Crippen LogP contribution is 2.39. The molecule has 2 atom stereocenters. The van der Waals surface area contributed by atoms with Crippen LogP contribution in [0.3, 0.4) is 0 Å². The zero-order valence-corrected chi connectivity index (χ0v) is 22.4. The molecule has 0 bridgehead atoms. The number of carbonyl (C=O) groups is 1. The highest BCUT2D eigenvalue weighted by atomic mass is 32.1. The van der Waals surface area contributed by atoms with Gasteiger partial charge in [0, 0.05) is 33.6 Å². The normalized spacial score (nSPS) is 18.1. The van der Waals surface area contributed by atoms with Crippen molar-refractivity contribution in [2.75, 3.05) is 17.6 Å². The number of anilines is 2. The van der Waals surface area contributed by atoms with Crippen molar-refractivity contribution < 1.29 is 18.8 Å². The van der Waals surface area contributed by atoms with E-state index in [1.165, 1.54) is 0 Å². The Balaban J connectivity index is 1.43. The summed E-state index contributed by atoms with van der Waals surface area (Å²) < 4.78 is 16.5. The molecule has 7 nitrogen and oxygen atoms in total. The van der Waals surface area contributed by atoms with Crippen LogP contribution in [0.25, 0.3) is 10.4 Å². The fourth-order valence-corrected chi connectivity index (χ4v) is 6.24. The van der Waals surface area contributed by atoms with Gasteiger partial charge in [-0.25, -0.2) is 0 Å². The molecule has 1 amide bonds. The quantitative estimate of drug-likeness (QED) is 0.219. The molecule has 4 N–H and O–H groups in total. The monoisotopic (exact) mass is 526 g/mol. The molecule has 1 aliphatic rings. The van der Waals surface area contributed by atoms with E-state index in [1.807, 2.05) is 60.0 Å². The van der Waals surface area contributed by atoms with Crippen molar-refractivity contribution in [1.29, 1.82) is 0 Å². The van der Waals surface area contributed by atoms with E-state index in [9.17, 15) is 14.3 Å². The number of nitrogens with zero attached hydrogens (tertiary/aromatic N) is 1. The van der Waals surface area contributed by atoms with Crippen molar-refractivity contribution in [3.05, 3.63) is 71.1 Å². The number of nitrogens with one attached hydrogen (secondary N) is 1. The van der Waals surface area contributed by atoms with E-state index in [0.29, 0.717) is 16.9 Å². The Bertz CT molecular complexity index is 1200. The number of rotatable bonds is 9. The van der Waals surface area contributed by atoms with Gasteiger partial charge in [0.05, 0.1) is 11.4 Å². The largest absolute Gasteiger partial charge is 0.694 e. The first kappa shape index (κ1) is 26.5. The second-order valence-corrected chi connectivity index (χ2v) is 10.9. The molecule has 0 saturated carbocycles. The molecule has 1 saturated heterocycles. The van der Waals surface area contributed by atoms with Crippen molar-refractivity contribution in [1.82, 2.24) is 4.90 Å². The molecule has 9 heteroatoms. The number of hydrogen-bond donors (Lipinski definition) is 3. The lowest BCUT2D eigenvalue weighted by atomic mass is 9.80. The topological polar surface area (TPSA) is 105 Å². The average molecular weight is 527 g/mol.